The molecular formula is C15H16OS. The molecule has 1 aromatic heterocycles. The maximum absolute atomic E-state index is 12.5. The van der Waals surface area contributed by atoms with Crippen LogP contribution < -0.4 is 0 Å². The Balaban J connectivity index is 2.51. The smallest absolute Gasteiger partial charge is 0.194 e. The molecule has 0 spiro atoms. The molecule has 2 aromatic rings. The van der Waals surface area contributed by atoms with Crippen molar-refractivity contribution < 1.29 is 4.79 Å². The fraction of sp³-hybridized carbons (Fsp3) is 0.267. The number of thiophene rings is 1. The van der Waals surface area contributed by atoms with Crippen molar-refractivity contribution in [1.82, 2.24) is 0 Å². The van der Waals surface area contributed by atoms with Crippen molar-refractivity contribution in [3.63, 3.8) is 0 Å². The lowest BCUT2D eigenvalue weighted by atomic mass is 9.98. The fourth-order valence-electron chi connectivity index (χ4n) is 2.19. The van der Waals surface area contributed by atoms with E-state index in [-0.39, 0.29) is 5.78 Å². The van der Waals surface area contributed by atoms with Crippen LogP contribution in [-0.2, 0) is 6.42 Å². The summed E-state index contributed by atoms with van der Waals surface area (Å²) in [5, 5.41) is 0. The third-order valence-electron chi connectivity index (χ3n) is 3.00. The largest absolute Gasteiger partial charge is 0.289 e. The SMILES string of the molecule is CCc1c(C)sc(C)c1C(=O)c1ccccc1. The first-order valence-corrected chi connectivity index (χ1v) is 6.65. The van der Waals surface area contributed by atoms with E-state index in [9.17, 15) is 4.79 Å². The lowest BCUT2D eigenvalue weighted by molar-refractivity contribution is 0.103. The van der Waals surface area contributed by atoms with Crippen LogP contribution >= 0.6 is 11.3 Å². The maximum Gasteiger partial charge on any atom is 0.194 e. The van der Waals surface area contributed by atoms with Crippen molar-refractivity contribution in [2.24, 2.45) is 0 Å². The lowest BCUT2D eigenvalue weighted by Gasteiger charge is -2.04. The Kier molecular flexibility index (Phi) is 3.43. The average molecular weight is 244 g/mol. The van der Waals surface area contributed by atoms with E-state index < -0.39 is 0 Å². The van der Waals surface area contributed by atoms with Crippen LogP contribution in [0.5, 0.6) is 0 Å². The van der Waals surface area contributed by atoms with Crippen LogP contribution in [-0.4, -0.2) is 5.78 Å². The van der Waals surface area contributed by atoms with Gasteiger partial charge >= 0.3 is 0 Å². The Hall–Kier alpha value is -1.41. The van der Waals surface area contributed by atoms with Crippen LogP contribution in [0.3, 0.4) is 0 Å². The van der Waals surface area contributed by atoms with Gasteiger partial charge in [-0.25, -0.2) is 0 Å². The van der Waals surface area contributed by atoms with Crippen molar-refractivity contribution in [2.75, 3.05) is 0 Å². The predicted molar refractivity (Wildman–Crippen MR) is 73.0 cm³/mol. The maximum atomic E-state index is 12.5. The molecule has 0 aliphatic carbocycles. The number of hydrogen-bond acceptors (Lipinski definition) is 2. The molecule has 0 fully saturated rings. The van der Waals surface area contributed by atoms with Crippen LogP contribution in [0, 0.1) is 13.8 Å². The number of carbonyl (C=O) groups excluding carboxylic acids is 1. The molecule has 2 rings (SSSR count). The molecule has 0 atom stereocenters. The molecule has 2 heteroatoms. The molecular weight excluding hydrogens is 228 g/mol. The highest BCUT2D eigenvalue weighted by Gasteiger charge is 2.19. The van der Waals surface area contributed by atoms with Gasteiger partial charge in [-0.1, -0.05) is 37.3 Å². The molecule has 0 aliphatic heterocycles. The summed E-state index contributed by atoms with van der Waals surface area (Å²) in [6, 6.07) is 9.52. The minimum Gasteiger partial charge on any atom is -0.289 e. The Morgan fingerprint density at radius 1 is 1.12 bits per heavy atom. The Labute approximate surface area is 106 Å². The summed E-state index contributed by atoms with van der Waals surface area (Å²) in [6.45, 7) is 6.24. The monoisotopic (exact) mass is 244 g/mol. The van der Waals surface area contributed by atoms with Gasteiger partial charge in [-0.05, 0) is 25.8 Å². The third-order valence-corrected chi connectivity index (χ3v) is 4.06. The predicted octanol–water partition coefficient (Wildman–Crippen LogP) is 4.16. The zero-order valence-corrected chi connectivity index (χ0v) is 11.2. The van der Waals surface area contributed by atoms with Gasteiger partial charge in [0, 0.05) is 20.9 Å². The summed E-state index contributed by atoms with van der Waals surface area (Å²) in [5.74, 6) is 0.157. The second kappa shape index (κ2) is 4.84. The van der Waals surface area contributed by atoms with Gasteiger partial charge < -0.3 is 0 Å². The summed E-state index contributed by atoms with van der Waals surface area (Å²) in [6.07, 6.45) is 0.921. The summed E-state index contributed by atoms with van der Waals surface area (Å²) < 4.78 is 0. The van der Waals surface area contributed by atoms with E-state index in [1.807, 2.05) is 37.3 Å². The normalized spacial score (nSPS) is 10.5. The molecule has 0 unspecified atom stereocenters. The first-order valence-electron chi connectivity index (χ1n) is 5.83. The van der Waals surface area contributed by atoms with Crippen LogP contribution in [0.1, 0.15) is 38.2 Å². The highest BCUT2D eigenvalue weighted by atomic mass is 32.1. The number of benzene rings is 1. The summed E-state index contributed by atoms with van der Waals surface area (Å²) in [5.41, 5.74) is 2.91. The Morgan fingerprint density at radius 3 is 2.35 bits per heavy atom. The Bertz CT molecular complexity index is 538. The standard InChI is InChI=1S/C15H16OS/c1-4-13-10(2)17-11(3)14(13)15(16)12-8-6-5-7-9-12/h5-9H,4H2,1-3H3. The minimum absolute atomic E-state index is 0.157. The molecule has 0 amide bonds. The van der Waals surface area contributed by atoms with Gasteiger partial charge in [-0.3, -0.25) is 4.79 Å². The first-order chi connectivity index (χ1) is 8.15. The zero-order valence-electron chi connectivity index (χ0n) is 10.4. The van der Waals surface area contributed by atoms with Gasteiger partial charge in [-0.15, -0.1) is 11.3 Å². The van der Waals surface area contributed by atoms with Gasteiger partial charge in [-0.2, -0.15) is 0 Å². The fourth-order valence-corrected chi connectivity index (χ4v) is 3.33. The summed E-state index contributed by atoms with van der Waals surface area (Å²) in [4.78, 5) is 14.9. The second-order valence-electron chi connectivity index (χ2n) is 4.12. The van der Waals surface area contributed by atoms with Gasteiger partial charge in [0.15, 0.2) is 5.78 Å². The van der Waals surface area contributed by atoms with E-state index in [4.69, 9.17) is 0 Å². The summed E-state index contributed by atoms with van der Waals surface area (Å²) >= 11 is 1.72. The molecule has 1 nitrogen and oxygen atoms in total. The lowest BCUT2D eigenvalue weighted by Crippen LogP contribution is -2.04. The zero-order chi connectivity index (χ0) is 12.4. The van der Waals surface area contributed by atoms with Gasteiger partial charge in [0.05, 0.1) is 0 Å². The number of rotatable bonds is 3. The topological polar surface area (TPSA) is 17.1 Å². The quantitative estimate of drug-likeness (QED) is 0.741. The number of aryl methyl sites for hydroxylation is 2. The Morgan fingerprint density at radius 2 is 1.76 bits per heavy atom. The van der Waals surface area contributed by atoms with E-state index in [2.05, 4.69) is 13.8 Å². The van der Waals surface area contributed by atoms with Crippen molar-refractivity contribution >= 4 is 17.1 Å². The van der Waals surface area contributed by atoms with Crippen LogP contribution in [0.15, 0.2) is 30.3 Å². The number of hydrogen-bond donors (Lipinski definition) is 0. The molecule has 1 heterocycles. The van der Waals surface area contributed by atoms with Crippen molar-refractivity contribution in [1.29, 1.82) is 0 Å². The average Bonchev–Trinajstić information content (AvgIpc) is 2.63. The van der Waals surface area contributed by atoms with Crippen LogP contribution in [0.4, 0.5) is 0 Å². The van der Waals surface area contributed by atoms with Gasteiger partial charge in [0.25, 0.3) is 0 Å². The van der Waals surface area contributed by atoms with E-state index >= 15 is 0 Å². The first kappa shape index (κ1) is 12.1. The van der Waals surface area contributed by atoms with E-state index in [1.165, 1.54) is 10.4 Å². The van der Waals surface area contributed by atoms with Gasteiger partial charge in [0.1, 0.15) is 0 Å². The summed E-state index contributed by atoms with van der Waals surface area (Å²) in [7, 11) is 0. The van der Waals surface area contributed by atoms with Crippen LogP contribution in [0.25, 0.3) is 0 Å². The minimum atomic E-state index is 0.157. The highest BCUT2D eigenvalue weighted by Crippen LogP contribution is 2.29. The van der Waals surface area contributed by atoms with Gasteiger partial charge in [0.2, 0.25) is 0 Å². The van der Waals surface area contributed by atoms with Crippen molar-refractivity contribution in [3.8, 4) is 0 Å². The molecule has 1 aromatic carbocycles. The molecule has 0 saturated heterocycles. The van der Waals surface area contributed by atoms with E-state index in [1.54, 1.807) is 11.3 Å². The molecule has 0 bridgehead atoms. The van der Waals surface area contributed by atoms with Crippen molar-refractivity contribution in [3.05, 3.63) is 56.8 Å². The molecule has 0 aliphatic rings. The second-order valence-corrected chi connectivity index (χ2v) is 5.55. The number of ketones is 1. The highest BCUT2D eigenvalue weighted by molar-refractivity contribution is 7.12. The number of carbonyl (C=O) groups is 1. The molecule has 88 valence electrons. The van der Waals surface area contributed by atoms with E-state index in [0.29, 0.717) is 0 Å². The third kappa shape index (κ3) is 2.18. The molecule has 17 heavy (non-hydrogen) atoms. The van der Waals surface area contributed by atoms with Crippen LogP contribution in [0.2, 0.25) is 0 Å². The molecule has 0 saturated carbocycles. The molecule has 0 radical (unpaired) electrons. The van der Waals surface area contributed by atoms with E-state index in [0.717, 1.165) is 22.4 Å². The van der Waals surface area contributed by atoms with Crippen molar-refractivity contribution in [2.45, 2.75) is 27.2 Å². The molecule has 0 N–H and O–H groups in total.